The predicted octanol–water partition coefficient (Wildman–Crippen LogP) is 2.39. The zero-order valence-corrected chi connectivity index (χ0v) is 9.68. The lowest BCUT2D eigenvalue weighted by Crippen LogP contribution is -2.13. The molecule has 0 heterocycles. The smallest absolute Gasteiger partial charge is 0.389 e. The summed E-state index contributed by atoms with van der Waals surface area (Å²) in [5, 5.41) is 0. The summed E-state index contributed by atoms with van der Waals surface area (Å²) in [6, 6.07) is 5.73. The van der Waals surface area contributed by atoms with Gasteiger partial charge in [-0.3, -0.25) is 0 Å². The van der Waals surface area contributed by atoms with Crippen LogP contribution in [-0.4, -0.2) is 20.3 Å². The Morgan fingerprint density at radius 3 is 2.29 bits per heavy atom. The largest absolute Gasteiger partial charge is 0.398 e. The van der Waals surface area contributed by atoms with Crippen molar-refractivity contribution in [3.05, 3.63) is 24.3 Å². The van der Waals surface area contributed by atoms with Crippen molar-refractivity contribution in [2.24, 2.45) is 0 Å². The van der Waals surface area contributed by atoms with Gasteiger partial charge in [0.05, 0.1) is 16.3 Å². The van der Waals surface area contributed by atoms with Gasteiger partial charge in [-0.05, 0) is 18.6 Å². The number of alkyl halides is 3. The van der Waals surface area contributed by atoms with Gasteiger partial charge in [0, 0.05) is 6.42 Å². The fourth-order valence-corrected chi connectivity index (χ4v) is 2.79. The van der Waals surface area contributed by atoms with Crippen LogP contribution < -0.4 is 5.73 Å². The normalized spacial score (nSPS) is 12.6. The Balaban J connectivity index is 2.74. The summed E-state index contributed by atoms with van der Waals surface area (Å²) in [4.78, 5) is -0.109. The molecule has 1 aromatic rings. The van der Waals surface area contributed by atoms with Crippen molar-refractivity contribution in [3.63, 3.8) is 0 Å². The van der Waals surface area contributed by atoms with Gasteiger partial charge in [0.25, 0.3) is 0 Å². The molecule has 0 aliphatic rings. The summed E-state index contributed by atoms with van der Waals surface area (Å²) in [6.07, 6.45) is -5.91. The first-order valence-corrected chi connectivity index (χ1v) is 6.51. The molecule has 0 unspecified atom stereocenters. The average Bonchev–Trinajstić information content (AvgIpc) is 2.15. The number of nitrogen functional groups attached to an aromatic ring is 1. The number of hydrogen-bond acceptors (Lipinski definition) is 3. The molecule has 0 spiro atoms. The minimum absolute atomic E-state index is 0.0551. The van der Waals surface area contributed by atoms with Crippen LogP contribution in [0.4, 0.5) is 18.9 Å². The number of para-hydroxylation sites is 1. The minimum atomic E-state index is -4.34. The number of halogens is 3. The number of rotatable bonds is 4. The maximum Gasteiger partial charge on any atom is 0.389 e. The van der Waals surface area contributed by atoms with Crippen molar-refractivity contribution < 1.29 is 21.6 Å². The maximum atomic E-state index is 11.9. The topological polar surface area (TPSA) is 60.2 Å². The van der Waals surface area contributed by atoms with Crippen molar-refractivity contribution in [2.45, 2.75) is 23.9 Å². The van der Waals surface area contributed by atoms with E-state index in [1.54, 1.807) is 6.07 Å². The molecule has 17 heavy (non-hydrogen) atoms. The highest BCUT2D eigenvalue weighted by molar-refractivity contribution is 7.91. The average molecular weight is 267 g/mol. The number of hydrogen-bond donors (Lipinski definition) is 1. The second kappa shape index (κ2) is 4.95. The lowest BCUT2D eigenvalue weighted by molar-refractivity contribution is -0.134. The van der Waals surface area contributed by atoms with Gasteiger partial charge in [0.2, 0.25) is 0 Å². The zero-order chi connectivity index (χ0) is 13.1. The maximum absolute atomic E-state index is 11.9. The molecule has 7 heteroatoms. The molecule has 0 radical (unpaired) electrons. The van der Waals surface area contributed by atoms with Crippen LogP contribution in [-0.2, 0) is 9.84 Å². The quantitative estimate of drug-likeness (QED) is 0.852. The second-order valence-corrected chi connectivity index (χ2v) is 5.65. The monoisotopic (exact) mass is 267 g/mol. The minimum Gasteiger partial charge on any atom is -0.398 e. The van der Waals surface area contributed by atoms with Gasteiger partial charge in [-0.15, -0.1) is 0 Å². The number of nitrogens with two attached hydrogens (primary N) is 1. The Hall–Kier alpha value is -1.24. The van der Waals surface area contributed by atoms with E-state index in [4.69, 9.17) is 5.73 Å². The van der Waals surface area contributed by atoms with Crippen LogP contribution in [0, 0.1) is 0 Å². The van der Waals surface area contributed by atoms with Gasteiger partial charge < -0.3 is 5.73 Å². The zero-order valence-electron chi connectivity index (χ0n) is 8.87. The van der Waals surface area contributed by atoms with Crippen molar-refractivity contribution >= 4 is 15.5 Å². The highest BCUT2D eigenvalue weighted by Gasteiger charge is 2.28. The Morgan fingerprint density at radius 1 is 1.18 bits per heavy atom. The molecule has 0 aliphatic heterocycles. The van der Waals surface area contributed by atoms with Crippen molar-refractivity contribution in [2.75, 3.05) is 11.5 Å². The van der Waals surface area contributed by atoms with E-state index >= 15 is 0 Å². The molecule has 0 bridgehead atoms. The Bertz CT molecular complexity index is 483. The first-order valence-electron chi connectivity index (χ1n) is 4.86. The van der Waals surface area contributed by atoms with E-state index in [-0.39, 0.29) is 10.6 Å². The van der Waals surface area contributed by atoms with Crippen LogP contribution in [0.2, 0.25) is 0 Å². The Kier molecular flexibility index (Phi) is 4.03. The third kappa shape index (κ3) is 4.26. The molecule has 1 aromatic carbocycles. The molecule has 0 aromatic heterocycles. The van der Waals surface area contributed by atoms with Crippen molar-refractivity contribution in [1.82, 2.24) is 0 Å². The molecule has 1 rings (SSSR count). The van der Waals surface area contributed by atoms with Gasteiger partial charge in [-0.1, -0.05) is 12.1 Å². The van der Waals surface area contributed by atoms with E-state index in [0.29, 0.717) is 0 Å². The summed E-state index contributed by atoms with van der Waals surface area (Å²) in [6.45, 7) is 0. The van der Waals surface area contributed by atoms with Crippen molar-refractivity contribution in [1.29, 1.82) is 0 Å². The summed E-state index contributed by atoms with van der Waals surface area (Å²) >= 11 is 0. The van der Waals surface area contributed by atoms with Gasteiger partial charge in [0.15, 0.2) is 9.84 Å². The molecule has 3 nitrogen and oxygen atoms in total. The molecule has 0 saturated carbocycles. The Morgan fingerprint density at radius 2 is 1.76 bits per heavy atom. The van der Waals surface area contributed by atoms with E-state index in [1.165, 1.54) is 18.2 Å². The van der Waals surface area contributed by atoms with Gasteiger partial charge in [-0.25, -0.2) is 8.42 Å². The van der Waals surface area contributed by atoms with E-state index in [9.17, 15) is 21.6 Å². The molecule has 0 aliphatic carbocycles. The summed E-state index contributed by atoms with van der Waals surface area (Å²) < 4.78 is 59.1. The standard InChI is InChI=1S/C10H12F3NO2S/c11-10(12,13)6-3-7-17(15,16)9-5-2-1-4-8(9)14/h1-2,4-5H,3,6-7,14H2. The molecular formula is C10H12F3NO2S. The lowest BCUT2D eigenvalue weighted by Gasteiger charge is -2.08. The van der Waals surface area contributed by atoms with Gasteiger partial charge in [-0.2, -0.15) is 13.2 Å². The van der Waals surface area contributed by atoms with E-state index in [2.05, 4.69) is 0 Å². The van der Waals surface area contributed by atoms with Gasteiger partial charge >= 0.3 is 6.18 Å². The van der Waals surface area contributed by atoms with Crippen LogP contribution in [0.3, 0.4) is 0 Å². The molecule has 0 saturated heterocycles. The van der Waals surface area contributed by atoms with Crippen LogP contribution in [0.25, 0.3) is 0 Å². The number of anilines is 1. The molecular weight excluding hydrogens is 255 g/mol. The molecule has 0 atom stereocenters. The summed E-state index contributed by atoms with van der Waals surface area (Å²) in [7, 11) is -3.74. The molecule has 2 N–H and O–H groups in total. The SMILES string of the molecule is Nc1ccccc1S(=O)(=O)CCCC(F)(F)F. The summed E-state index contributed by atoms with van der Waals surface area (Å²) in [5.74, 6) is -0.555. The third-order valence-electron chi connectivity index (χ3n) is 2.13. The first-order chi connectivity index (χ1) is 7.72. The van der Waals surface area contributed by atoms with Crippen LogP contribution in [0.5, 0.6) is 0 Å². The number of sulfone groups is 1. The Labute approximate surface area is 97.4 Å². The van der Waals surface area contributed by atoms with E-state index in [0.717, 1.165) is 0 Å². The molecule has 0 fully saturated rings. The van der Waals surface area contributed by atoms with Crippen molar-refractivity contribution in [3.8, 4) is 0 Å². The van der Waals surface area contributed by atoms with E-state index in [1.807, 2.05) is 0 Å². The fourth-order valence-electron chi connectivity index (χ4n) is 1.34. The predicted molar refractivity (Wildman–Crippen MR) is 58.2 cm³/mol. The van der Waals surface area contributed by atoms with Crippen LogP contribution >= 0.6 is 0 Å². The van der Waals surface area contributed by atoms with Crippen LogP contribution in [0.1, 0.15) is 12.8 Å². The second-order valence-electron chi connectivity index (χ2n) is 3.58. The van der Waals surface area contributed by atoms with E-state index < -0.39 is 34.6 Å². The summed E-state index contributed by atoms with van der Waals surface area (Å²) in [5.41, 5.74) is 5.52. The highest BCUT2D eigenvalue weighted by Crippen LogP contribution is 2.24. The fraction of sp³-hybridized carbons (Fsp3) is 0.400. The third-order valence-corrected chi connectivity index (χ3v) is 4.00. The highest BCUT2D eigenvalue weighted by atomic mass is 32.2. The first kappa shape index (κ1) is 13.8. The van der Waals surface area contributed by atoms with Gasteiger partial charge in [0.1, 0.15) is 0 Å². The van der Waals surface area contributed by atoms with Crippen LogP contribution in [0.15, 0.2) is 29.2 Å². The number of benzene rings is 1. The molecule has 96 valence electrons. The molecule has 0 amide bonds. The lowest BCUT2D eigenvalue weighted by atomic mass is 10.3.